The van der Waals surface area contributed by atoms with Gasteiger partial charge in [0.25, 0.3) is 0 Å². The van der Waals surface area contributed by atoms with E-state index >= 15 is 0 Å². The van der Waals surface area contributed by atoms with Crippen molar-refractivity contribution >= 4 is 5.97 Å². The largest absolute Gasteiger partial charge is 0.500 e. The first-order valence-corrected chi connectivity index (χ1v) is 4.44. The fourth-order valence-electron chi connectivity index (χ4n) is 1.85. The Hall–Kier alpha value is -1.25. The van der Waals surface area contributed by atoms with Crippen molar-refractivity contribution in [1.29, 1.82) is 0 Å². The number of esters is 1. The lowest BCUT2D eigenvalue weighted by molar-refractivity contribution is -0.144. The Balaban J connectivity index is 2.25. The zero-order valence-electron chi connectivity index (χ0n) is 7.36. The van der Waals surface area contributed by atoms with E-state index in [0.29, 0.717) is 18.8 Å². The van der Waals surface area contributed by atoms with Crippen LogP contribution in [0.5, 0.6) is 0 Å². The second-order valence-electron chi connectivity index (χ2n) is 3.34. The lowest BCUT2D eigenvalue weighted by atomic mass is 9.82. The molecule has 2 atom stereocenters. The molecule has 13 heavy (non-hydrogen) atoms. The predicted molar refractivity (Wildman–Crippen MR) is 46.8 cm³/mol. The van der Waals surface area contributed by atoms with Crippen molar-refractivity contribution in [3.8, 4) is 0 Å². The first kappa shape index (κ1) is 8.35. The molecular weight excluding hydrogens is 168 g/mol. The normalized spacial score (nSPS) is 32.3. The van der Waals surface area contributed by atoms with Gasteiger partial charge in [-0.2, -0.15) is 0 Å². The van der Waals surface area contributed by atoms with Crippen molar-refractivity contribution < 1.29 is 14.3 Å². The van der Waals surface area contributed by atoms with Crippen molar-refractivity contribution in [2.24, 2.45) is 11.8 Å². The summed E-state index contributed by atoms with van der Waals surface area (Å²) in [5.41, 5.74) is 0.669. The highest BCUT2D eigenvalue weighted by atomic mass is 16.5. The van der Waals surface area contributed by atoms with Gasteiger partial charge in [-0.1, -0.05) is 6.08 Å². The van der Waals surface area contributed by atoms with Crippen LogP contribution in [0.2, 0.25) is 0 Å². The van der Waals surface area contributed by atoms with Gasteiger partial charge in [-0.25, -0.2) is 4.79 Å². The number of ether oxygens (including phenoxy) is 2. The quantitative estimate of drug-likeness (QED) is 0.450. The van der Waals surface area contributed by atoms with Crippen LogP contribution in [0.1, 0.15) is 6.42 Å². The lowest BCUT2D eigenvalue weighted by Gasteiger charge is -2.32. The fraction of sp³-hybridized carbons (Fsp3) is 0.500. The summed E-state index contributed by atoms with van der Waals surface area (Å²) in [6.45, 7) is 4.89. The van der Waals surface area contributed by atoms with E-state index in [1.807, 2.05) is 6.08 Å². The summed E-state index contributed by atoms with van der Waals surface area (Å²) >= 11 is 0. The molecule has 3 heteroatoms. The van der Waals surface area contributed by atoms with Gasteiger partial charge in [0.2, 0.25) is 0 Å². The van der Waals surface area contributed by atoms with Gasteiger partial charge in [0, 0.05) is 11.8 Å². The summed E-state index contributed by atoms with van der Waals surface area (Å²) in [4.78, 5) is 11.3. The second-order valence-corrected chi connectivity index (χ2v) is 3.34. The monoisotopic (exact) mass is 180 g/mol. The molecule has 0 N–H and O–H groups in total. The maximum atomic E-state index is 11.3. The molecule has 0 aromatic heterocycles. The van der Waals surface area contributed by atoms with Gasteiger partial charge in [-0.05, 0) is 6.42 Å². The average Bonchev–Trinajstić information content (AvgIpc) is 2.18. The molecule has 0 aromatic carbocycles. The van der Waals surface area contributed by atoms with Crippen LogP contribution in [0.3, 0.4) is 0 Å². The van der Waals surface area contributed by atoms with Crippen LogP contribution >= 0.6 is 0 Å². The number of cyclic esters (lactones) is 1. The molecule has 0 aliphatic carbocycles. The number of fused-ring (bicyclic) bond motifs is 1. The summed E-state index contributed by atoms with van der Waals surface area (Å²) in [7, 11) is 0. The summed E-state index contributed by atoms with van der Waals surface area (Å²) < 4.78 is 10.1. The molecule has 0 saturated carbocycles. The van der Waals surface area contributed by atoms with E-state index in [0.717, 1.165) is 6.42 Å². The van der Waals surface area contributed by atoms with Gasteiger partial charge >= 0.3 is 5.97 Å². The highest BCUT2D eigenvalue weighted by molar-refractivity contribution is 5.89. The molecule has 0 aromatic rings. The Labute approximate surface area is 77.0 Å². The third-order valence-corrected chi connectivity index (χ3v) is 2.62. The number of carbonyl (C=O) groups excluding carboxylic acids is 1. The van der Waals surface area contributed by atoms with Crippen LogP contribution in [0.4, 0.5) is 0 Å². The van der Waals surface area contributed by atoms with Gasteiger partial charge in [-0.3, -0.25) is 0 Å². The highest BCUT2D eigenvalue weighted by Crippen LogP contribution is 2.33. The molecule has 1 fully saturated rings. The number of hydrogen-bond donors (Lipinski definition) is 0. The summed E-state index contributed by atoms with van der Waals surface area (Å²) in [6, 6.07) is 0. The number of carbonyl (C=O) groups is 1. The molecule has 2 unspecified atom stereocenters. The lowest BCUT2D eigenvalue weighted by Crippen LogP contribution is -2.33. The minimum Gasteiger partial charge on any atom is -0.500 e. The molecule has 2 aliphatic heterocycles. The van der Waals surface area contributed by atoms with Crippen LogP contribution in [0.15, 0.2) is 24.5 Å². The van der Waals surface area contributed by atoms with Crippen molar-refractivity contribution in [1.82, 2.24) is 0 Å². The van der Waals surface area contributed by atoms with Crippen LogP contribution in [-0.4, -0.2) is 19.2 Å². The van der Waals surface area contributed by atoms with E-state index in [9.17, 15) is 4.79 Å². The minimum absolute atomic E-state index is 0.234. The van der Waals surface area contributed by atoms with Crippen LogP contribution < -0.4 is 0 Å². The third-order valence-electron chi connectivity index (χ3n) is 2.62. The van der Waals surface area contributed by atoms with Crippen molar-refractivity contribution in [3.05, 3.63) is 24.5 Å². The predicted octanol–water partition coefficient (Wildman–Crippen LogP) is 1.27. The molecule has 2 rings (SSSR count). The van der Waals surface area contributed by atoms with E-state index < -0.39 is 0 Å². The molecule has 0 spiro atoms. The maximum Gasteiger partial charge on any atom is 0.337 e. The number of rotatable bonds is 1. The molecule has 2 heterocycles. The third kappa shape index (κ3) is 1.34. The Morgan fingerprint density at radius 2 is 2.46 bits per heavy atom. The van der Waals surface area contributed by atoms with Crippen molar-refractivity contribution in [2.45, 2.75) is 6.42 Å². The molecule has 70 valence electrons. The van der Waals surface area contributed by atoms with Crippen molar-refractivity contribution in [3.63, 3.8) is 0 Å². The Bertz CT molecular complexity index is 267. The summed E-state index contributed by atoms with van der Waals surface area (Å²) in [5, 5.41) is 0. The zero-order valence-corrected chi connectivity index (χ0v) is 7.36. The van der Waals surface area contributed by atoms with E-state index in [1.54, 1.807) is 0 Å². The van der Waals surface area contributed by atoms with Gasteiger partial charge < -0.3 is 9.47 Å². The standard InChI is InChI=1S/C10H12O3/c1-2-7-5-12-6-9-8(7)3-4-13-10(9)11/h2,6-8H,1,3-5H2. The van der Waals surface area contributed by atoms with Gasteiger partial charge in [0.1, 0.15) is 0 Å². The Morgan fingerprint density at radius 3 is 3.23 bits per heavy atom. The average molecular weight is 180 g/mol. The topological polar surface area (TPSA) is 35.5 Å². The second kappa shape index (κ2) is 3.24. The minimum atomic E-state index is -0.234. The molecule has 2 aliphatic rings. The first-order valence-electron chi connectivity index (χ1n) is 4.44. The summed E-state index contributed by atoms with van der Waals surface area (Å²) in [6.07, 6.45) is 4.28. The van der Waals surface area contributed by atoms with Crippen LogP contribution in [0, 0.1) is 11.8 Å². The maximum absolute atomic E-state index is 11.3. The molecule has 1 saturated heterocycles. The SMILES string of the molecule is C=CC1COC=C2C(=O)OCCC21. The van der Waals surface area contributed by atoms with E-state index in [4.69, 9.17) is 9.47 Å². The van der Waals surface area contributed by atoms with E-state index in [-0.39, 0.29) is 17.8 Å². The molecule has 0 amide bonds. The van der Waals surface area contributed by atoms with Gasteiger partial charge in [0.05, 0.1) is 25.0 Å². The Kier molecular flexibility index (Phi) is 2.08. The van der Waals surface area contributed by atoms with E-state index in [1.165, 1.54) is 6.26 Å². The zero-order chi connectivity index (χ0) is 9.26. The fourth-order valence-corrected chi connectivity index (χ4v) is 1.85. The van der Waals surface area contributed by atoms with Gasteiger partial charge in [-0.15, -0.1) is 6.58 Å². The van der Waals surface area contributed by atoms with Crippen LogP contribution in [0.25, 0.3) is 0 Å². The molecule has 0 bridgehead atoms. The molecular formula is C10H12O3. The Morgan fingerprint density at radius 1 is 1.62 bits per heavy atom. The number of hydrogen-bond acceptors (Lipinski definition) is 3. The first-order chi connectivity index (χ1) is 6.33. The van der Waals surface area contributed by atoms with E-state index in [2.05, 4.69) is 6.58 Å². The molecule has 3 nitrogen and oxygen atoms in total. The van der Waals surface area contributed by atoms with Crippen LogP contribution in [-0.2, 0) is 14.3 Å². The molecule has 0 radical (unpaired) electrons. The van der Waals surface area contributed by atoms with Gasteiger partial charge in [0.15, 0.2) is 0 Å². The summed E-state index contributed by atoms with van der Waals surface area (Å²) in [5.74, 6) is 0.281. The highest BCUT2D eigenvalue weighted by Gasteiger charge is 2.35. The van der Waals surface area contributed by atoms with Crippen molar-refractivity contribution in [2.75, 3.05) is 13.2 Å². The smallest absolute Gasteiger partial charge is 0.337 e.